The molecule has 0 unspecified atom stereocenters. The molecular weight excluding hydrogens is 590 g/mol. The van der Waals surface area contributed by atoms with Crippen molar-refractivity contribution in [3.63, 3.8) is 0 Å². The maximum atomic E-state index is 14.3. The highest BCUT2D eigenvalue weighted by molar-refractivity contribution is 6.13. The molecule has 0 saturated heterocycles. The van der Waals surface area contributed by atoms with Crippen molar-refractivity contribution in [2.75, 3.05) is 16.4 Å². The van der Waals surface area contributed by atoms with Crippen molar-refractivity contribution in [2.45, 2.75) is 50.8 Å². The summed E-state index contributed by atoms with van der Waals surface area (Å²) in [5, 5.41) is 22.5. The lowest BCUT2D eigenvalue weighted by Gasteiger charge is -2.36. The van der Waals surface area contributed by atoms with Gasteiger partial charge in [0.05, 0.1) is 24.0 Å². The normalized spacial score (nSPS) is 21.1. The minimum atomic E-state index is -1.96. The van der Waals surface area contributed by atoms with Crippen molar-refractivity contribution in [3.05, 3.63) is 131 Å². The fourth-order valence-corrected chi connectivity index (χ4v) is 7.22. The number of benzene rings is 4. The van der Waals surface area contributed by atoms with Crippen LogP contribution in [0.25, 0.3) is 0 Å². The summed E-state index contributed by atoms with van der Waals surface area (Å²) in [7, 11) is 0. The largest absolute Gasteiger partial charge is 0.394 e. The second kappa shape index (κ2) is 12.3. The van der Waals surface area contributed by atoms with Gasteiger partial charge >= 0.3 is 0 Å². The third-order valence-electron chi connectivity index (χ3n) is 9.79. The second-order valence-electron chi connectivity index (χ2n) is 12.6. The van der Waals surface area contributed by atoms with Crippen LogP contribution in [0.4, 0.5) is 22.7 Å². The van der Waals surface area contributed by atoms with Gasteiger partial charge in [-0.05, 0) is 65.9 Å². The van der Waals surface area contributed by atoms with E-state index in [0.717, 1.165) is 22.4 Å². The van der Waals surface area contributed by atoms with E-state index in [4.69, 9.17) is 0 Å². The van der Waals surface area contributed by atoms with Gasteiger partial charge in [0.25, 0.3) is 5.91 Å². The molecule has 4 aromatic carbocycles. The molecule has 8 nitrogen and oxygen atoms in total. The van der Waals surface area contributed by atoms with E-state index in [1.165, 1.54) is 4.90 Å². The van der Waals surface area contributed by atoms with Crippen LogP contribution in [0.3, 0.4) is 0 Å². The van der Waals surface area contributed by atoms with E-state index < -0.39 is 17.4 Å². The number of carbonyl (C=O) groups is 3. The van der Waals surface area contributed by atoms with Crippen molar-refractivity contribution < 1.29 is 24.6 Å². The summed E-state index contributed by atoms with van der Waals surface area (Å²) in [6.45, 7) is 2.05. The molecule has 3 atom stereocenters. The van der Waals surface area contributed by atoms with Crippen LogP contribution in [-0.2, 0) is 39.4 Å². The highest BCUT2D eigenvalue weighted by Crippen LogP contribution is 2.50. The van der Waals surface area contributed by atoms with E-state index in [9.17, 15) is 24.6 Å². The first kappa shape index (κ1) is 30.6. The zero-order chi connectivity index (χ0) is 32.7. The predicted molar refractivity (Wildman–Crippen MR) is 180 cm³/mol. The van der Waals surface area contributed by atoms with Crippen molar-refractivity contribution in [1.29, 1.82) is 0 Å². The van der Waals surface area contributed by atoms with Crippen molar-refractivity contribution >= 4 is 40.5 Å². The highest BCUT2D eigenvalue weighted by Gasteiger charge is 2.53. The Morgan fingerprint density at radius 1 is 0.851 bits per heavy atom. The van der Waals surface area contributed by atoms with E-state index >= 15 is 0 Å². The van der Waals surface area contributed by atoms with Gasteiger partial charge in [-0.1, -0.05) is 79.7 Å². The third kappa shape index (κ3) is 5.23. The van der Waals surface area contributed by atoms with Gasteiger partial charge in [0.1, 0.15) is 0 Å². The van der Waals surface area contributed by atoms with Crippen molar-refractivity contribution in [2.24, 2.45) is 5.92 Å². The lowest BCUT2D eigenvalue weighted by Crippen LogP contribution is -2.46. The van der Waals surface area contributed by atoms with Gasteiger partial charge in [0.2, 0.25) is 11.8 Å². The minimum absolute atomic E-state index is 0.0515. The van der Waals surface area contributed by atoms with Gasteiger partial charge in [-0.2, -0.15) is 0 Å². The molecule has 3 aliphatic heterocycles. The molecule has 0 fully saturated rings. The fourth-order valence-electron chi connectivity index (χ4n) is 7.22. The number of anilines is 4. The first-order valence-corrected chi connectivity index (χ1v) is 16.1. The Morgan fingerprint density at radius 3 is 2.32 bits per heavy atom. The number of hydrogen-bond acceptors (Lipinski definition) is 5. The van der Waals surface area contributed by atoms with Gasteiger partial charge in [-0.15, -0.1) is 0 Å². The summed E-state index contributed by atoms with van der Waals surface area (Å²) in [5.41, 5.74) is 4.24. The predicted octanol–water partition coefficient (Wildman–Crippen LogP) is 5.69. The maximum Gasteiger partial charge on any atom is 0.268 e. The molecule has 7 rings (SSSR count). The molecule has 47 heavy (non-hydrogen) atoms. The van der Waals surface area contributed by atoms with Gasteiger partial charge in [0.15, 0.2) is 5.60 Å². The topological polar surface area (TPSA) is 101 Å². The van der Waals surface area contributed by atoms with Crippen LogP contribution >= 0.6 is 0 Å². The van der Waals surface area contributed by atoms with E-state index in [1.54, 1.807) is 41.0 Å². The molecule has 3 aliphatic rings. The number of fused-ring (bicyclic) bond motifs is 3. The quantitative estimate of drug-likeness (QED) is 0.257. The van der Waals surface area contributed by atoms with Crippen LogP contribution in [0.2, 0.25) is 0 Å². The van der Waals surface area contributed by atoms with Crippen LogP contribution in [0.5, 0.6) is 0 Å². The van der Waals surface area contributed by atoms with E-state index in [0.29, 0.717) is 48.4 Å². The number of para-hydroxylation sites is 2. The molecule has 0 saturated carbocycles. The molecule has 2 N–H and O–H groups in total. The number of hydrogen-bond donors (Lipinski definition) is 2. The molecule has 0 bridgehead atoms. The van der Waals surface area contributed by atoms with E-state index in [1.807, 2.05) is 84.9 Å². The molecule has 8 heteroatoms. The summed E-state index contributed by atoms with van der Waals surface area (Å²) in [4.78, 5) is 45.9. The number of rotatable bonds is 7. The Morgan fingerprint density at radius 2 is 1.55 bits per heavy atom. The summed E-state index contributed by atoms with van der Waals surface area (Å²) in [6.07, 6.45) is 5.08. The van der Waals surface area contributed by atoms with E-state index in [2.05, 4.69) is 0 Å². The average molecular weight is 628 g/mol. The van der Waals surface area contributed by atoms with Crippen LogP contribution in [0.15, 0.2) is 109 Å². The number of carbonyl (C=O) groups excluding carboxylic acids is 3. The highest BCUT2D eigenvalue weighted by atomic mass is 16.3. The molecule has 0 radical (unpaired) electrons. The minimum Gasteiger partial charge on any atom is -0.394 e. The number of nitrogens with zero attached hydrogens (tertiary/aromatic N) is 3. The van der Waals surface area contributed by atoms with Gasteiger partial charge in [-0.3, -0.25) is 24.2 Å². The summed E-state index contributed by atoms with van der Waals surface area (Å²) < 4.78 is 0. The first-order valence-electron chi connectivity index (χ1n) is 16.1. The maximum absolute atomic E-state index is 14.3. The third-order valence-corrected chi connectivity index (χ3v) is 9.79. The molecule has 238 valence electrons. The molecule has 3 amide bonds. The Labute approximate surface area is 274 Å². The monoisotopic (exact) mass is 627 g/mol. The first-order chi connectivity index (χ1) is 22.8. The molecule has 3 heterocycles. The van der Waals surface area contributed by atoms with Gasteiger partial charge < -0.3 is 15.1 Å². The summed E-state index contributed by atoms with van der Waals surface area (Å²) in [5.74, 6) is -1.41. The Kier molecular flexibility index (Phi) is 7.99. The second-order valence-corrected chi connectivity index (χ2v) is 12.6. The number of amides is 3. The standard InChI is InChI=1S/C39H37N3O5/c1-26(10-9-17-36(44)40-24-29-13-6-5-12-28(29)22-32(40)25-43)39(47)33-23-31(41-34-16-8-7-11-27(34)18-21-37(41)45)19-20-35(33)42(38(39)46)30-14-3-2-4-15-30/h2-16,19-20,23,26,32,43,47H,17-18,21-22,24-25H2,1H3/b10-9+/t26-,32-,39+/m0/s1. The van der Waals surface area contributed by atoms with Crippen LogP contribution in [0, 0.1) is 5.92 Å². The van der Waals surface area contributed by atoms with Crippen LogP contribution < -0.4 is 9.80 Å². The smallest absolute Gasteiger partial charge is 0.268 e. The zero-order valence-corrected chi connectivity index (χ0v) is 26.3. The summed E-state index contributed by atoms with van der Waals surface area (Å²) in [6, 6.07) is 30.0. The Bertz CT molecular complexity index is 1890. The lowest BCUT2D eigenvalue weighted by atomic mass is 9.82. The zero-order valence-electron chi connectivity index (χ0n) is 26.3. The fraction of sp³-hybridized carbons (Fsp3) is 0.256. The lowest BCUT2D eigenvalue weighted by molar-refractivity contribution is -0.138. The van der Waals surface area contributed by atoms with Gasteiger partial charge in [0, 0.05) is 42.2 Å². The molecule has 4 aromatic rings. The average Bonchev–Trinajstić information content (AvgIpc) is 3.33. The van der Waals surface area contributed by atoms with Crippen molar-refractivity contribution in [1.82, 2.24) is 4.90 Å². The number of aliphatic hydroxyl groups is 2. The SMILES string of the molecule is C[C@@H](/C=C/CC(=O)N1Cc2ccccc2C[C@H]1CO)[C@]1(O)C(=O)N(c2ccccc2)c2ccc(N3C(=O)CCc4ccccc43)cc21. The summed E-state index contributed by atoms with van der Waals surface area (Å²) >= 11 is 0. The van der Waals surface area contributed by atoms with Gasteiger partial charge in [-0.25, -0.2) is 0 Å². The number of aliphatic hydroxyl groups excluding tert-OH is 1. The number of aryl methyl sites for hydroxylation is 1. The molecular formula is C39H37N3O5. The van der Waals surface area contributed by atoms with Crippen LogP contribution in [-0.4, -0.2) is 45.5 Å². The Balaban J connectivity index is 1.21. The van der Waals surface area contributed by atoms with E-state index in [-0.39, 0.29) is 30.9 Å². The van der Waals surface area contributed by atoms with Crippen LogP contribution in [0.1, 0.15) is 42.0 Å². The molecule has 0 aliphatic carbocycles. The molecule has 0 aromatic heterocycles. The molecule has 0 spiro atoms. The van der Waals surface area contributed by atoms with Crippen molar-refractivity contribution in [3.8, 4) is 0 Å². The Hall–Kier alpha value is -5.05.